The Balaban J connectivity index is 1.31. The van der Waals surface area contributed by atoms with Gasteiger partial charge in [-0.3, -0.25) is 9.10 Å². The summed E-state index contributed by atoms with van der Waals surface area (Å²) in [5.41, 5.74) is 2.08. The van der Waals surface area contributed by atoms with E-state index in [9.17, 15) is 13.2 Å². The van der Waals surface area contributed by atoms with Gasteiger partial charge in [0.1, 0.15) is 0 Å². The zero-order valence-corrected chi connectivity index (χ0v) is 20.4. The van der Waals surface area contributed by atoms with E-state index < -0.39 is 10.0 Å². The minimum absolute atomic E-state index is 0.0776. The van der Waals surface area contributed by atoms with Gasteiger partial charge in [0.2, 0.25) is 0 Å². The number of rotatable bonds is 5. The molecule has 0 spiro atoms. The Morgan fingerprint density at radius 2 is 1.71 bits per heavy atom. The zero-order chi connectivity index (χ0) is 23.7. The number of thiazole rings is 1. The summed E-state index contributed by atoms with van der Waals surface area (Å²) < 4.78 is 28.4. The maximum atomic E-state index is 13.2. The molecule has 0 bridgehead atoms. The van der Waals surface area contributed by atoms with Gasteiger partial charge < -0.3 is 4.90 Å². The highest BCUT2D eigenvalue weighted by Gasteiger charge is 2.28. The Kier molecular flexibility index (Phi) is 6.10. The third kappa shape index (κ3) is 4.31. The number of benzene rings is 3. The second kappa shape index (κ2) is 9.19. The lowest BCUT2D eigenvalue weighted by Crippen LogP contribution is -2.39. The summed E-state index contributed by atoms with van der Waals surface area (Å²) in [6.07, 6.45) is 1.92. The molecule has 8 heteroatoms. The van der Waals surface area contributed by atoms with Gasteiger partial charge in [0.25, 0.3) is 15.9 Å². The van der Waals surface area contributed by atoms with Crippen LogP contribution in [0.1, 0.15) is 34.1 Å². The number of carbonyl (C=O) groups is 1. The maximum Gasteiger partial charge on any atom is 0.264 e. The third-order valence-corrected chi connectivity index (χ3v) is 9.25. The van der Waals surface area contributed by atoms with Crippen LogP contribution in [0.15, 0.2) is 83.8 Å². The van der Waals surface area contributed by atoms with Crippen LogP contribution in [-0.4, -0.2) is 44.3 Å². The molecule has 0 aliphatic carbocycles. The molecule has 6 nitrogen and oxygen atoms in total. The van der Waals surface area contributed by atoms with Gasteiger partial charge in [-0.1, -0.05) is 30.3 Å². The predicted molar refractivity (Wildman–Crippen MR) is 136 cm³/mol. The zero-order valence-electron chi connectivity index (χ0n) is 18.8. The van der Waals surface area contributed by atoms with E-state index >= 15 is 0 Å². The molecule has 1 fully saturated rings. The molecular weight excluding hydrogens is 466 g/mol. The van der Waals surface area contributed by atoms with Crippen molar-refractivity contribution in [1.82, 2.24) is 9.88 Å². The van der Waals surface area contributed by atoms with Crippen LogP contribution < -0.4 is 4.31 Å². The average molecular weight is 492 g/mol. The Morgan fingerprint density at radius 3 is 2.44 bits per heavy atom. The van der Waals surface area contributed by atoms with E-state index in [2.05, 4.69) is 6.07 Å². The van der Waals surface area contributed by atoms with E-state index in [0.717, 1.165) is 23.4 Å². The standard InChI is InChI=1S/C26H25N3O3S2/c1-28(21-9-3-2-4-10-21)34(31,32)22-15-13-19(14-16-22)26(30)29-17-7-8-20(18-29)25-27-23-11-5-6-12-24(23)33-25/h2-6,9-16,20H,7-8,17-18H2,1H3/t20-/m0/s1. The molecule has 5 rings (SSSR count). The van der Waals surface area contributed by atoms with Crippen LogP contribution in [0.25, 0.3) is 10.2 Å². The number of amides is 1. The van der Waals surface area contributed by atoms with E-state index in [1.165, 1.54) is 28.2 Å². The number of piperidine rings is 1. The van der Waals surface area contributed by atoms with Crippen molar-refractivity contribution in [2.45, 2.75) is 23.7 Å². The highest BCUT2D eigenvalue weighted by atomic mass is 32.2. The fourth-order valence-electron chi connectivity index (χ4n) is 4.31. The Bertz CT molecular complexity index is 1380. The molecule has 34 heavy (non-hydrogen) atoms. The number of aromatic nitrogens is 1. The van der Waals surface area contributed by atoms with Gasteiger partial charge >= 0.3 is 0 Å². The number of sulfonamides is 1. The number of hydrogen-bond donors (Lipinski definition) is 0. The highest BCUT2D eigenvalue weighted by molar-refractivity contribution is 7.92. The van der Waals surface area contributed by atoms with Gasteiger partial charge in [-0.2, -0.15) is 0 Å². The van der Waals surface area contributed by atoms with Gasteiger partial charge in [-0.05, 0) is 61.4 Å². The van der Waals surface area contributed by atoms with E-state index in [1.54, 1.807) is 47.7 Å². The lowest BCUT2D eigenvalue weighted by molar-refractivity contribution is 0.0707. The van der Waals surface area contributed by atoms with Crippen LogP contribution in [0.5, 0.6) is 0 Å². The van der Waals surface area contributed by atoms with Crippen molar-refractivity contribution in [2.24, 2.45) is 0 Å². The number of fused-ring (bicyclic) bond motifs is 1. The average Bonchev–Trinajstić information content (AvgIpc) is 3.33. The molecule has 174 valence electrons. The van der Waals surface area contributed by atoms with Crippen LogP contribution in [0.4, 0.5) is 5.69 Å². The first-order valence-corrected chi connectivity index (χ1v) is 13.5. The second-order valence-electron chi connectivity index (χ2n) is 8.44. The Labute approximate surface area is 203 Å². The highest BCUT2D eigenvalue weighted by Crippen LogP contribution is 2.33. The molecule has 1 saturated heterocycles. The normalized spacial score (nSPS) is 16.5. The summed E-state index contributed by atoms with van der Waals surface area (Å²) in [4.78, 5) is 20.0. The molecule has 3 aromatic carbocycles. The van der Waals surface area contributed by atoms with Crippen LogP contribution >= 0.6 is 11.3 Å². The van der Waals surface area contributed by atoms with E-state index in [1.807, 2.05) is 29.2 Å². The van der Waals surface area contributed by atoms with E-state index in [-0.39, 0.29) is 16.7 Å². The fraction of sp³-hybridized carbons (Fsp3) is 0.231. The number of hydrogen-bond acceptors (Lipinski definition) is 5. The predicted octanol–water partition coefficient (Wildman–Crippen LogP) is 5.14. The van der Waals surface area contributed by atoms with Gasteiger partial charge in [0.05, 0.1) is 25.8 Å². The first kappa shape index (κ1) is 22.6. The molecule has 0 unspecified atom stereocenters. The minimum Gasteiger partial charge on any atom is -0.338 e. The summed E-state index contributed by atoms with van der Waals surface area (Å²) >= 11 is 1.70. The van der Waals surface area contributed by atoms with Crippen LogP contribution in [0, 0.1) is 0 Å². The summed E-state index contributed by atoms with van der Waals surface area (Å²) in [7, 11) is -2.19. The van der Waals surface area contributed by atoms with Crippen LogP contribution in [0.3, 0.4) is 0 Å². The Hall–Kier alpha value is -3.23. The summed E-state index contributed by atoms with van der Waals surface area (Å²) in [5, 5.41) is 1.07. The van der Waals surface area contributed by atoms with Crippen molar-refractivity contribution in [1.29, 1.82) is 0 Å². The molecule has 0 N–H and O–H groups in total. The topological polar surface area (TPSA) is 70.6 Å². The second-order valence-corrected chi connectivity index (χ2v) is 11.5. The van der Waals surface area contributed by atoms with Gasteiger partial charge in [-0.25, -0.2) is 13.4 Å². The van der Waals surface area contributed by atoms with Crippen molar-refractivity contribution >= 4 is 43.2 Å². The number of para-hydroxylation sites is 2. The van der Waals surface area contributed by atoms with E-state index in [0.29, 0.717) is 24.3 Å². The largest absolute Gasteiger partial charge is 0.338 e. The van der Waals surface area contributed by atoms with Crippen molar-refractivity contribution in [2.75, 3.05) is 24.4 Å². The lowest BCUT2D eigenvalue weighted by Gasteiger charge is -2.32. The smallest absolute Gasteiger partial charge is 0.264 e. The fourth-order valence-corrected chi connectivity index (χ4v) is 6.60. The number of likely N-dealkylation sites (tertiary alicyclic amines) is 1. The number of anilines is 1. The maximum absolute atomic E-state index is 13.2. The summed E-state index contributed by atoms with van der Waals surface area (Å²) in [5.74, 6) is 0.139. The summed E-state index contributed by atoms with van der Waals surface area (Å²) in [6.45, 7) is 1.31. The van der Waals surface area contributed by atoms with Crippen molar-refractivity contribution < 1.29 is 13.2 Å². The number of carbonyl (C=O) groups excluding carboxylic acids is 1. The first-order valence-electron chi connectivity index (χ1n) is 11.2. The molecule has 0 saturated carbocycles. The van der Waals surface area contributed by atoms with Crippen LogP contribution in [-0.2, 0) is 10.0 Å². The molecule has 0 radical (unpaired) electrons. The minimum atomic E-state index is -3.72. The van der Waals surface area contributed by atoms with Gasteiger partial charge in [-0.15, -0.1) is 11.3 Å². The third-order valence-electron chi connectivity index (χ3n) is 6.25. The molecule has 1 aromatic heterocycles. The van der Waals surface area contributed by atoms with Gasteiger partial charge in [0.15, 0.2) is 0 Å². The quantitative estimate of drug-likeness (QED) is 0.388. The molecule has 1 aliphatic heterocycles. The monoisotopic (exact) mass is 491 g/mol. The lowest BCUT2D eigenvalue weighted by atomic mass is 9.98. The van der Waals surface area contributed by atoms with Gasteiger partial charge in [0, 0.05) is 31.6 Å². The molecular formula is C26H25N3O3S2. The molecule has 1 atom stereocenters. The molecule has 4 aromatic rings. The van der Waals surface area contributed by atoms with Crippen molar-refractivity contribution in [3.63, 3.8) is 0 Å². The van der Waals surface area contributed by atoms with E-state index in [4.69, 9.17) is 4.98 Å². The van der Waals surface area contributed by atoms with Crippen molar-refractivity contribution in [3.05, 3.63) is 89.4 Å². The van der Waals surface area contributed by atoms with Crippen LogP contribution in [0.2, 0.25) is 0 Å². The van der Waals surface area contributed by atoms with Crippen molar-refractivity contribution in [3.8, 4) is 0 Å². The first-order chi connectivity index (χ1) is 16.4. The molecule has 2 heterocycles. The Morgan fingerprint density at radius 1 is 1.00 bits per heavy atom. The molecule has 1 aliphatic rings. The SMILES string of the molecule is CN(c1ccccc1)S(=O)(=O)c1ccc(C(=O)N2CCC[C@H](c3nc4ccccc4s3)C2)cc1. The summed E-state index contributed by atoms with van der Waals surface area (Å²) in [6, 6.07) is 23.3. The molecule has 1 amide bonds. The number of nitrogens with zero attached hydrogens (tertiary/aromatic N) is 3.